The van der Waals surface area contributed by atoms with Gasteiger partial charge in [0.1, 0.15) is 11.6 Å². The zero-order chi connectivity index (χ0) is 26.7. The molecule has 3 atom stereocenters. The van der Waals surface area contributed by atoms with Crippen molar-refractivity contribution in [3.63, 3.8) is 0 Å². The third-order valence-electron chi connectivity index (χ3n) is 6.36. The van der Waals surface area contributed by atoms with Gasteiger partial charge in [-0.25, -0.2) is 9.78 Å². The molecule has 1 aliphatic rings. The van der Waals surface area contributed by atoms with Crippen LogP contribution in [0.4, 0.5) is 10.8 Å². The molecule has 4 rings (SSSR count). The van der Waals surface area contributed by atoms with E-state index >= 15 is 0 Å². The van der Waals surface area contributed by atoms with E-state index in [4.69, 9.17) is 9.47 Å². The molecule has 0 bridgehead atoms. The van der Waals surface area contributed by atoms with Crippen molar-refractivity contribution in [1.82, 2.24) is 10.3 Å². The molecule has 0 radical (unpaired) electrons. The van der Waals surface area contributed by atoms with Gasteiger partial charge in [0.05, 0.1) is 30.4 Å². The lowest BCUT2D eigenvalue weighted by atomic mass is 9.71. The Morgan fingerprint density at radius 2 is 1.86 bits per heavy atom. The maximum Gasteiger partial charge on any atom is 0.336 e. The molecule has 0 amide bonds. The van der Waals surface area contributed by atoms with Gasteiger partial charge in [-0.1, -0.05) is 42.5 Å². The van der Waals surface area contributed by atoms with Gasteiger partial charge in [-0.05, 0) is 19.4 Å². The molecular weight excluding hydrogens is 496 g/mol. The Balaban J connectivity index is 1.77. The molecule has 1 aliphatic heterocycles. The predicted molar refractivity (Wildman–Crippen MR) is 139 cm³/mol. The molecule has 2 N–H and O–H groups in total. The van der Waals surface area contributed by atoms with Crippen molar-refractivity contribution in [1.29, 1.82) is 0 Å². The normalized spacial score (nSPS) is 21.1. The number of nitro benzene ring substituents is 1. The number of nitro groups is 1. The zero-order valence-electron chi connectivity index (χ0n) is 20.7. The SMILES string of the molecule is COC(=O)C1=C(C)NC(C)(Nc2nc(-c3cccc([N+](=O)[O-])c3)cs2)C(C(=O)OC)C1c1ccccc1. The first-order valence-electron chi connectivity index (χ1n) is 11.4. The molecule has 0 saturated heterocycles. The van der Waals surface area contributed by atoms with Crippen LogP contribution in [0.3, 0.4) is 0 Å². The predicted octanol–water partition coefficient (Wildman–Crippen LogP) is 4.47. The average Bonchev–Trinajstić information content (AvgIpc) is 3.35. The molecule has 0 saturated carbocycles. The number of carbonyl (C=O) groups excluding carboxylic acids is 2. The fraction of sp³-hybridized carbons (Fsp3) is 0.269. The van der Waals surface area contributed by atoms with E-state index < -0.39 is 34.4 Å². The summed E-state index contributed by atoms with van der Waals surface area (Å²) < 4.78 is 10.3. The second-order valence-electron chi connectivity index (χ2n) is 8.72. The molecule has 0 aliphatic carbocycles. The number of hydrogen-bond acceptors (Lipinski definition) is 10. The molecule has 11 heteroatoms. The average molecular weight is 523 g/mol. The number of hydrogen-bond donors (Lipinski definition) is 2. The lowest BCUT2D eigenvalue weighted by Gasteiger charge is -2.46. The van der Waals surface area contributed by atoms with E-state index in [0.717, 1.165) is 5.56 Å². The summed E-state index contributed by atoms with van der Waals surface area (Å²) >= 11 is 1.29. The highest BCUT2D eigenvalue weighted by molar-refractivity contribution is 7.14. The number of thiazole rings is 1. The molecule has 2 aromatic carbocycles. The molecule has 192 valence electrons. The van der Waals surface area contributed by atoms with Gasteiger partial charge in [0, 0.05) is 34.7 Å². The topological polar surface area (TPSA) is 133 Å². The van der Waals surface area contributed by atoms with E-state index in [-0.39, 0.29) is 5.69 Å². The minimum Gasteiger partial charge on any atom is -0.469 e. The molecule has 3 aromatic rings. The Morgan fingerprint density at radius 1 is 1.14 bits per heavy atom. The molecule has 10 nitrogen and oxygen atoms in total. The lowest BCUT2D eigenvalue weighted by Crippen LogP contribution is -2.62. The first-order chi connectivity index (χ1) is 17.7. The van der Waals surface area contributed by atoms with Gasteiger partial charge < -0.3 is 20.1 Å². The summed E-state index contributed by atoms with van der Waals surface area (Å²) in [7, 11) is 2.60. The highest BCUT2D eigenvalue weighted by Crippen LogP contribution is 2.45. The number of rotatable bonds is 7. The van der Waals surface area contributed by atoms with Crippen LogP contribution in [0.25, 0.3) is 11.3 Å². The van der Waals surface area contributed by atoms with Crippen molar-refractivity contribution >= 4 is 34.1 Å². The molecule has 3 unspecified atom stereocenters. The van der Waals surface area contributed by atoms with E-state index in [1.165, 1.54) is 37.7 Å². The van der Waals surface area contributed by atoms with Crippen LogP contribution < -0.4 is 10.6 Å². The van der Waals surface area contributed by atoms with E-state index in [2.05, 4.69) is 15.6 Å². The Labute approximate surface area is 217 Å². The highest BCUT2D eigenvalue weighted by Gasteiger charge is 2.52. The summed E-state index contributed by atoms with van der Waals surface area (Å²) in [5.74, 6) is -2.63. The summed E-state index contributed by atoms with van der Waals surface area (Å²) in [6.45, 7) is 3.56. The lowest BCUT2D eigenvalue weighted by molar-refractivity contribution is -0.384. The van der Waals surface area contributed by atoms with Crippen LogP contribution in [0, 0.1) is 16.0 Å². The summed E-state index contributed by atoms with van der Waals surface area (Å²) in [6, 6.07) is 15.5. The minimum absolute atomic E-state index is 0.0338. The van der Waals surface area contributed by atoms with Crippen LogP contribution in [0.2, 0.25) is 0 Å². The zero-order valence-corrected chi connectivity index (χ0v) is 21.5. The maximum absolute atomic E-state index is 13.3. The monoisotopic (exact) mass is 522 g/mol. The Morgan fingerprint density at radius 3 is 2.51 bits per heavy atom. The van der Waals surface area contributed by atoms with Gasteiger partial charge in [-0.3, -0.25) is 14.9 Å². The number of methoxy groups -OCH3 is 2. The summed E-state index contributed by atoms with van der Waals surface area (Å²) in [4.78, 5) is 41.5. The number of benzene rings is 2. The number of ether oxygens (including phenoxy) is 2. The third-order valence-corrected chi connectivity index (χ3v) is 7.12. The van der Waals surface area contributed by atoms with E-state index in [1.807, 2.05) is 30.3 Å². The molecule has 0 spiro atoms. The number of anilines is 1. The van der Waals surface area contributed by atoms with Crippen LogP contribution in [0.5, 0.6) is 0 Å². The van der Waals surface area contributed by atoms with Crippen molar-refractivity contribution < 1.29 is 24.0 Å². The second-order valence-corrected chi connectivity index (χ2v) is 9.58. The number of aromatic nitrogens is 1. The quantitative estimate of drug-likeness (QED) is 0.262. The number of carbonyl (C=O) groups is 2. The van der Waals surface area contributed by atoms with Gasteiger partial charge in [0.15, 0.2) is 5.13 Å². The van der Waals surface area contributed by atoms with E-state index in [9.17, 15) is 19.7 Å². The fourth-order valence-electron chi connectivity index (χ4n) is 4.75. The Bertz CT molecular complexity index is 1370. The molecular formula is C26H26N4O6S. The molecule has 2 heterocycles. The number of esters is 2. The number of non-ortho nitro benzene ring substituents is 1. The van der Waals surface area contributed by atoms with Crippen LogP contribution >= 0.6 is 11.3 Å². The van der Waals surface area contributed by atoms with E-state index in [1.54, 1.807) is 31.4 Å². The van der Waals surface area contributed by atoms with Gasteiger partial charge in [-0.15, -0.1) is 11.3 Å². The number of nitrogens with zero attached hydrogens (tertiary/aromatic N) is 2. The molecule has 0 fully saturated rings. The standard InChI is InChI=1S/C26H26N4O6S/c1-15-20(23(31)35-3)21(16-9-6-5-7-10-16)22(24(32)36-4)26(2,28-15)29-25-27-19(14-37-25)17-11-8-12-18(13-17)30(33)34/h5-14,21-22,28H,1-4H3,(H,27,29). The van der Waals surface area contributed by atoms with Crippen LogP contribution in [0.1, 0.15) is 25.3 Å². The van der Waals surface area contributed by atoms with Crippen molar-refractivity contribution in [3.8, 4) is 11.3 Å². The van der Waals surface area contributed by atoms with Crippen LogP contribution in [-0.4, -0.2) is 41.7 Å². The number of allylic oxidation sites excluding steroid dienone is 1. The summed E-state index contributed by atoms with van der Waals surface area (Å²) in [6.07, 6.45) is 0. The van der Waals surface area contributed by atoms with Crippen LogP contribution in [0.15, 0.2) is 71.2 Å². The van der Waals surface area contributed by atoms with Crippen LogP contribution in [-0.2, 0) is 19.1 Å². The van der Waals surface area contributed by atoms with Gasteiger partial charge in [0.2, 0.25) is 0 Å². The Kier molecular flexibility index (Phi) is 7.25. The molecule has 1 aromatic heterocycles. The first kappa shape index (κ1) is 25.8. The maximum atomic E-state index is 13.3. The second kappa shape index (κ2) is 10.4. The summed E-state index contributed by atoms with van der Waals surface area (Å²) in [5.41, 5.74) is 1.62. The van der Waals surface area contributed by atoms with Crippen molar-refractivity contribution in [2.45, 2.75) is 25.4 Å². The smallest absolute Gasteiger partial charge is 0.336 e. The minimum atomic E-state index is -1.12. The van der Waals surface area contributed by atoms with Gasteiger partial charge in [-0.2, -0.15) is 0 Å². The highest BCUT2D eigenvalue weighted by atomic mass is 32.1. The largest absolute Gasteiger partial charge is 0.469 e. The fourth-order valence-corrected chi connectivity index (χ4v) is 5.58. The third kappa shape index (κ3) is 5.03. The number of nitrogens with one attached hydrogen (secondary N) is 2. The van der Waals surface area contributed by atoms with Gasteiger partial charge in [0.25, 0.3) is 5.69 Å². The summed E-state index contributed by atoms with van der Waals surface area (Å²) in [5, 5.41) is 20.1. The van der Waals surface area contributed by atoms with Crippen molar-refractivity contribution in [2.24, 2.45) is 5.92 Å². The van der Waals surface area contributed by atoms with Crippen molar-refractivity contribution in [3.05, 3.63) is 86.9 Å². The Hall–Kier alpha value is -4.25. The van der Waals surface area contributed by atoms with Crippen molar-refractivity contribution in [2.75, 3.05) is 19.5 Å². The van der Waals surface area contributed by atoms with E-state index in [0.29, 0.717) is 27.7 Å². The molecule has 37 heavy (non-hydrogen) atoms. The van der Waals surface area contributed by atoms with Gasteiger partial charge >= 0.3 is 11.9 Å². The first-order valence-corrected chi connectivity index (χ1v) is 12.2.